The number of halogens is 3. The SMILES string of the molecule is Cc1ccc(F)c(C(NN)c2cccc(Br)c2Cl)c1. The number of aryl methyl sites for hydroxylation is 1. The molecule has 19 heavy (non-hydrogen) atoms. The molecule has 3 N–H and O–H groups in total. The predicted molar refractivity (Wildman–Crippen MR) is 79.5 cm³/mol. The number of nitrogens with one attached hydrogen (secondary N) is 1. The molecule has 0 spiro atoms. The van der Waals surface area contributed by atoms with E-state index < -0.39 is 6.04 Å². The highest BCUT2D eigenvalue weighted by Gasteiger charge is 2.20. The Balaban J connectivity index is 2.56. The summed E-state index contributed by atoms with van der Waals surface area (Å²) >= 11 is 9.60. The highest BCUT2D eigenvalue weighted by Crippen LogP contribution is 2.34. The van der Waals surface area contributed by atoms with Gasteiger partial charge in [-0.3, -0.25) is 5.84 Å². The highest BCUT2D eigenvalue weighted by molar-refractivity contribution is 9.10. The number of hydrazine groups is 1. The first-order valence-electron chi connectivity index (χ1n) is 5.70. The van der Waals surface area contributed by atoms with Gasteiger partial charge >= 0.3 is 0 Å². The van der Waals surface area contributed by atoms with Crippen LogP contribution in [0.15, 0.2) is 40.9 Å². The predicted octanol–water partition coefficient (Wildman–Crippen LogP) is 4.10. The fourth-order valence-corrected chi connectivity index (χ4v) is 2.59. The fraction of sp³-hybridized carbons (Fsp3) is 0.143. The van der Waals surface area contributed by atoms with Crippen molar-refractivity contribution in [3.8, 4) is 0 Å². The van der Waals surface area contributed by atoms with Gasteiger partial charge in [0.05, 0.1) is 11.1 Å². The summed E-state index contributed by atoms with van der Waals surface area (Å²) in [4.78, 5) is 0. The zero-order chi connectivity index (χ0) is 14.0. The van der Waals surface area contributed by atoms with Crippen LogP contribution in [-0.4, -0.2) is 0 Å². The van der Waals surface area contributed by atoms with Crippen LogP contribution < -0.4 is 11.3 Å². The number of nitrogens with two attached hydrogens (primary N) is 1. The molecule has 2 nitrogen and oxygen atoms in total. The second kappa shape index (κ2) is 6.01. The third-order valence-corrected chi connectivity index (χ3v) is 4.23. The van der Waals surface area contributed by atoms with Gasteiger partial charge in [0, 0.05) is 10.0 Å². The van der Waals surface area contributed by atoms with E-state index in [4.69, 9.17) is 17.4 Å². The van der Waals surface area contributed by atoms with Crippen LogP contribution in [0.2, 0.25) is 5.02 Å². The van der Waals surface area contributed by atoms with Gasteiger partial charge in [-0.15, -0.1) is 0 Å². The maximum Gasteiger partial charge on any atom is 0.128 e. The molecule has 0 aliphatic rings. The van der Waals surface area contributed by atoms with E-state index in [1.165, 1.54) is 6.07 Å². The molecule has 2 aromatic rings. The minimum Gasteiger partial charge on any atom is -0.271 e. The normalized spacial score (nSPS) is 12.5. The Bertz CT molecular complexity index is 602. The summed E-state index contributed by atoms with van der Waals surface area (Å²) in [6.07, 6.45) is 0. The standard InChI is InChI=1S/C14H13BrClFN2/c1-8-5-6-12(17)10(7-8)14(19-18)9-3-2-4-11(15)13(9)16/h2-7,14,19H,18H2,1H3. The summed E-state index contributed by atoms with van der Waals surface area (Å²) in [6, 6.07) is 9.90. The first-order valence-corrected chi connectivity index (χ1v) is 6.87. The smallest absolute Gasteiger partial charge is 0.128 e. The zero-order valence-corrected chi connectivity index (χ0v) is 12.6. The summed E-state index contributed by atoms with van der Waals surface area (Å²) in [5, 5.41) is 0.520. The summed E-state index contributed by atoms with van der Waals surface area (Å²) in [7, 11) is 0. The molecular weight excluding hydrogens is 331 g/mol. The number of hydrogen-bond donors (Lipinski definition) is 2. The minimum absolute atomic E-state index is 0.315. The van der Waals surface area contributed by atoms with Gasteiger partial charge in [-0.1, -0.05) is 41.4 Å². The lowest BCUT2D eigenvalue weighted by Gasteiger charge is -2.20. The number of hydrogen-bond acceptors (Lipinski definition) is 2. The van der Waals surface area contributed by atoms with Crippen molar-refractivity contribution in [1.29, 1.82) is 0 Å². The Morgan fingerprint density at radius 3 is 2.68 bits per heavy atom. The van der Waals surface area contributed by atoms with Crippen LogP contribution in [0, 0.1) is 12.7 Å². The van der Waals surface area contributed by atoms with Gasteiger partial charge in [0.1, 0.15) is 5.82 Å². The molecule has 0 aliphatic heterocycles. The Kier molecular flexibility index (Phi) is 4.58. The molecular formula is C14H13BrClFN2. The molecule has 2 aromatic carbocycles. The van der Waals surface area contributed by atoms with Crippen molar-refractivity contribution >= 4 is 27.5 Å². The van der Waals surface area contributed by atoms with E-state index >= 15 is 0 Å². The van der Waals surface area contributed by atoms with Crippen molar-refractivity contribution in [2.45, 2.75) is 13.0 Å². The fourth-order valence-electron chi connectivity index (χ4n) is 1.97. The summed E-state index contributed by atoms with van der Waals surface area (Å²) in [6.45, 7) is 1.90. The molecule has 1 unspecified atom stereocenters. The summed E-state index contributed by atoms with van der Waals surface area (Å²) in [5.74, 6) is 5.27. The van der Waals surface area contributed by atoms with Crippen LogP contribution in [0.1, 0.15) is 22.7 Å². The van der Waals surface area contributed by atoms with Crippen molar-refractivity contribution in [2.24, 2.45) is 5.84 Å². The van der Waals surface area contributed by atoms with Crippen LogP contribution in [-0.2, 0) is 0 Å². The van der Waals surface area contributed by atoms with Gasteiger partial charge in [-0.2, -0.15) is 0 Å². The maximum absolute atomic E-state index is 14.0. The average molecular weight is 344 g/mol. The molecule has 0 aromatic heterocycles. The lowest BCUT2D eigenvalue weighted by molar-refractivity contribution is 0.559. The van der Waals surface area contributed by atoms with Crippen LogP contribution in [0.4, 0.5) is 4.39 Å². The van der Waals surface area contributed by atoms with Gasteiger partial charge in [0.2, 0.25) is 0 Å². The van der Waals surface area contributed by atoms with Crippen LogP contribution in [0.25, 0.3) is 0 Å². The van der Waals surface area contributed by atoms with Crippen molar-refractivity contribution in [1.82, 2.24) is 5.43 Å². The largest absolute Gasteiger partial charge is 0.271 e. The Morgan fingerprint density at radius 1 is 1.26 bits per heavy atom. The van der Waals surface area contributed by atoms with Crippen molar-refractivity contribution in [3.05, 3.63) is 68.4 Å². The van der Waals surface area contributed by atoms with Crippen LogP contribution in [0.5, 0.6) is 0 Å². The maximum atomic E-state index is 14.0. The quantitative estimate of drug-likeness (QED) is 0.650. The first-order chi connectivity index (χ1) is 9.04. The van der Waals surface area contributed by atoms with E-state index in [1.54, 1.807) is 12.1 Å². The zero-order valence-electron chi connectivity index (χ0n) is 10.3. The van der Waals surface area contributed by atoms with E-state index in [9.17, 15) is 4.39 Å². The molecule has 0 radical (unpaired) electrons. The second-order valence-electron chi connectivity index (χ2n) is 4.27. The molecule has 1 atom stereocenters. The highest BCUT2D eigenvalue weighted by atomic mass is 79.9. The summed E-state index contributed by atoms with van der Waals surface area (Å²) < 4.78 is 14.7. The van der Waals surface area contributed by atoms with Crippen LogP contribution >= 0.6 is 27.5 Å². The van der Waals surface area contributed by atoms with Crippen LogP contribution in [0.3, 0.4) is 0 Å². The van der Waals surface area contributed by atoms with E-state index in [-0.39, 0.29) is 5.82 Å². The second-order valence-corrected chi connectivity index (χ2v) is 5.50. The molecule has 0 saturated heterocycles. The third-order valence-electron chi connectivity index (χ3n) is 2.92. The molecule has 100 valence electrons. The van der Waals surface area contributed by atoms with Gasteiger partial charge in [0.15, 0.2) is 0 Å². The average Bonchev–Trinajstić information content (AvgIpc) is 2.39. The Morgan fingerprint density at radius 2 is 2.00 bits per heavy atom. The van der Waals surface area contributed by atoms with Gasteiger partial charge in [0.25, 0.3) is 0 Å². The van der Waals surface area contributed by atoms with E-state index in [0.29, 0.717) is 10.6 Å². The summed E-state index contributed by atoms with van der Waals surface area (Å²) in [5.41, 5.74) is 4.79. The number of benzene rings is 2. The Hall–Kier alpha value is -0.940. The third kappa shape index (κ3) is 2.98. The van der Waals surface area contributed by atoms with Gasteiger partial charge in [-0.25, -0.2) is 9.82 Å². The van der Waals surface area contributed by atoms with Crippen molar-refractivity contribution in [3.63, 3.8) is 0 Å². The lowest BCUT2D eigenvalue weighted by Crippen LogP contribution is -2.29. The molecule has 0 fully saturated rings. The van der Waals surface area contributed by atoms with E-state index in [0.717, 1.165) is 15.6 Å². The van der Waals surface area contributed by atoms with Crippen molar-refractivity contribution in [2.75, 3.05) is 0 Å². The van der Waals surface area contributed by atoms with Gasteiger partial charge in [-0.05, 0) is 40.5 Å². The lowest BCUT2D eigenvalue weighted by atomic mass is 9.97. The molecule has 5 heteroatoms. The Labute approximate surface area is 124 Å². The molecule has 0 aliphatic carbocycles. The molecule has 2 rings (SSSR count). The van der Waals surface area contributed by atoms with Crippen molar-refractivity contribution < 1.29 is 4.39 Å². The van der Waals surface area contributed by atoms with E-state index in [1.807, 2.05) is 25.1 Å². The molecule has 0 heterocycles. The minimum atomic E-state index is -0.495. The first kappa shape index (κ1) is 14.5. The molecule has 0 bridgehead atoms. The van der Waals surface area contributed by atoms with E-state index in [2.05, 4.69) is 21.4 Å². The monoisotopic (exact) mass is 342 g/mol. The molecule has 0 saturated carbocycles. The molecule has 0 amide bonds. The number of rotatable bonds is 3. The topological polar surface area (TPSA) is 38.0 Å². The van der Waals surface area contributed by atoms with Gasteiger partial charge < -0.3 is 0 Å².